The van der Waals surface area contributed by atoms with Gasteiger partial charge in [0.1, 0.15) is 6.29 Å². The van der Waals surface area contributed by atoms with E-state index in [9.17, 15) is 15.0 Å². The molecule has 0 fully saturated rings. The van der Waals surface area contributed by atoms with Gasteiger partial charge in [-0.1, -0.05) is 34.6 Å². The van der Waals surface area contributed by atoms with Crippen molar-refractivity contribution in [1.82, 2.24) is 0 Å². The van der Waals surface area contributed by atoms with Crippen molar-refractivity contribution >= 4 is 6.29 Å². The molecule has 0 aliphatic rings. The molecule has 90 valence electrons. The van der Waals surface area contributed by atoms with Gasteiger partial charge in [-0.25, -0.2) is 0 Å². The van der Waals surface area contributed by atoms with Gasteiger partial charge in [0.25, 0.3) is 0 Å². The highest BCUT2D eigenvalue weighted by molar-refractivity contribution is 5.52. The Balaban J connectivity index is 4.49. The highest BCUT2D eigenvalue weighted by Gasteiger charge is 2.37. The molecule has 0 aliphatic heterocycles. The van der Waals surface area contributed by atoms with Gasteiger partial charge in [-0.2, -0.15) is 0 Å². The molecule has 0 aliphatic carbocycles. The fourth-order valence-electron chi connectivity index (χ4n) is 1.77. The lowest BCUT2D eigenvalue weighted by atomic mass is 9.74. The number of hydrogen-bond acceptors (Lipinski definition) is 3. The van der Waals surface area contributed by atoms with Gasteiger partial charge in [0, 0.05) is 11.3 Å². The van der Waals surface area contributed by atoms with Gasteiger partial charge < -0.3 is 15.0 Å². The number of carbonyl (C=O) groups is 1. The molecule has 0 aromatic carbocycles. The van der Waals surface area contributed by atoms with Crippen LogP contribution in [0.1, 0.15) is 41.0 Å². The van der Waals surface area contributed by atoms with Crippen LogP contribution in [0.3, 0.4) is 0 Å². The van der Waals surface area contributed by atoms with E-state index in [4.69, 9.17) is 0 Å². The van der Waals surface area contributed by atoms with Gasteiger partial charge in [0.15, 0.2) is 0 Å². The molecular formula is C12H24O3. The van der Waals surface area contributed by atoms with Gasteiger partial charge in [-0.15, -0.1) is 0 Å². The van der Waals surface area contributed by atoms with Crippen molar-refractivity contribution in [1.29, 1.82) is 0 Å². The number of aldehydes is 1. The first-order valence-corrected chi connectivity index (χ1v) is 5.54. The predicted molar refractivity (Wildman–Crippen MR) is 60.5 cm³/mol. The Bertz CT molecular complexity index is 199. The number of hydrogen-bond donors (Lipinski definition) is 2. The lowest BCUT2D eigenvalue weighted by Gasteiger charge is -2.38. The zero-order valence-corrected chi connectivity index (χ0v) is 10.4. The van der Waals surface area contributed by atoms with Crippen molar-refractivity contribution in [2.24, 2.45) is 17.3 Å². The van der Waals surface area contributed by atoms with E-state index in [1.807, 2.05) is 27.7 Å². The molecule has 0 amide bonds. The molecule has 15 heavy (non-hydrogen) atoms. The largest absolute Gasteiger partial charge is 0.392 e. The highest BCUT2D eigenvalue weighted by Crippen LogP contribution is 2.32. The van der Waals surface area contributed by atoms with E-state index in [1.165, 1.54) is 0 Å². The third-order valence-electron chi connectivity index (χ3n) is 3.08. The van der Waals surface area contributed by atoms with Gasteiger partial charge in [-0.3, -0.25) is 0 Å². The minimum Gasteiger partial charge on any atom is -0.392 e. The van der Waals surface area contributed by atoms with Crippen LogP contribution in [0.2, 0.25) is 0 Å². The summed E-state index contributed by atoms with van der Waals surface area (Å²) in [5, 5.41) is 19.9. The molecule has 0 saturated heterocycles. The van der Waals surface area contributed by atoms with Crippen molar-refractivity contribution in [3.05, 3.63) is 0 Å². The second kappa shape index (κ2) is 5.61. The first-order valence-electron chi connectivity index (χ1n) is 5.54. The minimum absolute atomic E-state index is 0.0983. The topological polar surface area (TPSA) is 57.5 Å². The lowest BCUT2D eigenvalue weighted by molar-refractivity contribution is -0.114. The van der Waals surface area contributed by atoms with Crippen molar-refractivity contribution in [3.63, 3.8) is 0 Å². The lowest BCUT2D eigenvalue weighted by Crippen LogP contribution is -2.44. The first kappa shape index (κ1) is 14.6. The monoisotopic (exact) mass is 216 g/mol. The second-order valence-electron chi connectivity index (χ2n) is 5.38. The van der Waals surface area contributed by atoms with E-state index in [2.05, 4.69) is 0 Å². The van der Waals surface area contributed by atoms with E-state index < -0.39 is 17.6 Å². The summed E-state index contributed by atoms with van der Waals surface area (Å²) < 4.78 is 0. The third-order valence-corrected chi connectivity index (χ3v) is 3.08. The molecule has 0 rings (SSSR count). The Morgan fingerprint density at radius 2 is 1.67 bits per heavy atom. The quantitative estimate of drug-likeness (QED) is 0.663. The summed E-state index contributed by atoms with van der Waals surface area (Å²) in [6, 6.07) is 0. The van der Waals surface area contributed by atoms with Gasteiger partial charge in [-0.05, 0) is 12.3 Å². The Hall–Kier alpha value is -0.410. The molecule has 0 heterocycles. The average Bonchev–Trinajstić information content (AvgIpc) is 2.15. The number of carbonyl (C=O) groups excluding carboxylic acids is 1. The summed E-state index contributed by atoms with van der Waals surface area (Å²) in [4.78, 5) is 10.5. The maximum absolute atomic E-state index is 10.5. The standard InChI is InChI=1S/C12H24O3/c1-8(2)11(15)12(4,5)10(14)6-9(3)7-13/h7-11,14-15H,6H2,1-5H3. The van der Waals surface area contributed by atoms with Crippen LogP contribution in [-0.2, 0) is 4.79 Å². The normalized spacial score (nSPS) is 18.7. The van der Waals surface area contributed by atoms with Crippen molar-refractivity contribution < 1.29 is 15.0 Å². The fraction of sp³-hybridized carbons (Fsp3) is 0.917. The zero-order chi connectivity index (χ0) is 12.2. The van der Waals surface area contributed by atoms with Crippen molar-refractivity contribution in [2.75, 3.05) is 0 Å². The number of aliphatic hydroxyl groups is 2. The van der Waals surface area contributed by atoms with Crippen LogP contribution in [0.15, 0.2) is 0 Å². The smallest absolute Gasteiger partial charge is 0.122 e. The second-order valence-corrected chi connectivity index (χ2v) is 5.38. The molecule has 0 bridgehead atoms. The fourth-order valence-corrected chi connectivity index (χ4v) is 1.77. The van der Waals surface area contributed by atoms with E-state index >= 15 is 0 Å². The molecular weight excluding hydrogens is 192 g/mol. The predicted octanol–water partition coefficient (Wildman–Crippen LogP) is 1.62. The molecule has 3 heteroatoms. The molecule has 0 radical (unpaired) electrons. The van der Waals surface area contributed by atoms with Crippen LogP contribution in [0, 0.1) is 17.3 Å². The number of rotatable bonds is 6. The Labute approximate surface area is 92.5 Å². The maximum atomic E-state index is 10.5. The summed E-state index contributed by atoms with van der Waals surface area (Å²) in [7, 11) is 0. The molecule has 3 atom stereocenters. The minimum atomic E-state index is -0.657. The molecule has 3 nitrogen and oxygen atoms in total. The van der Waals surface area contributed by atoms with Crippen LogP contribution >= 0.6 is 0 Å². The summed E-state index contributed by atoms with van der Waals surface area (Å²) >= 11 is 0. The van der Waals surface area contributed by atoms with E-state index in [1.54, 1.807) is 6.92 Å². The first-order chi connectivity index (χ1) is 6.73. The van der Waals surface area contributed by atoms with Gasteiger partial charge >= 0.3 is 0 Å². The van der Waals surface area contributed by atoms with Crippen LogP contribution in [0.25, 0.3) is 0 Å². The van der Waals surface area contributed by atoms with Gasteiger partial charge in [0.05, 0.1) is 12.2 Å². The molecule has 0 spiro atoms. The Kier molecular flexibility index (Phi) is 5.46. The molecule has 0 aromatic heterocycles. The summed E-state index contributed by atoms with van der Waals surface area (Å²) in [5.41, 5.74) is -0.578. The highest BCUT2D eigenvalue weighted by atomic mass is 16.3. The van der Waals surface area contributed by atoms with Crippen LogP contribution in [0.4, 0.5) is 0 Å². The van der Waals surface area contributed by atoms with Crippen molar-refractivity contribution in [3.8, 4) is 0 Å². The number of aliphatic hydroxyl groups excluding tert-OH is 2. The van der Waals surface area contributed by atoms with E-state index in [0.717, 1.165) is 6.29 Å². The van der Waals surface area contributed by atoms with Crippen LogP contribution < -0.4 is 0 Å². The van der Waals surface area contributed by atoms with Gasteiger partial charge in [0.2, 0.25) is 0 Å². The van der Waals surface area contributed by atoms with Crippen LogP contribution in [0.5, 0.6) is 0 Å². The Morgan fingerprint density at radius 3 is 2.00 bits per heavy atom. The molecule has 0 aromatic rings. The Morgan fingerprint density at radius 1 is 1.20 bits per heavy atom. The SMILES string of the molecule is CC(C=O)CC(O)C(C)(C)C(O)C(C)C. The summed E-state index contributed by atoms with van der Waals surface area (Å²) in [6.45, 7) is 9.28. The molecule has 3 unspecified atom stereocenters. The molecule has 2 N–H and O–H groups in total. The average molecular weight is 216 g/mol. The summed E-state index contributed by atoms with van der Waals surface area (Å²) in [5.74, 6) is -0.0696. The van der Waals surface area contributed by atoms with E-state index in [0.29, 0.717) is 6.42 Å². The van der Waals surface area contributed by atoms with Crippen LogP contribution in [-0.4, -0.2) is 28.7 Å². The third kappa shape index (κ3) is 3.92. The summed E-state index contributed by atoms with van der Waals surface area (Å²) in [6.07, 6.45) is 0.0166. The zero-order valence-electron chi connectivity index (χ0n) is 10.4. The maximum Gasteiger partial charge on any atom is 0.122 e. The van der Waals surface area contributed by atoms with Crippen molar-refractivity contribution in [2.45, 2.75) is 53.2 Å². The van der Waals surface area contributed by atoms with E-state index in [-0.39, 0.29) is 11.8 Å². The molecule has 0 saturated carbocycles.